The molecule has 0 spiro atoms. The molecule has 0 aromatic heterocycles. The lowest BCUT2D eigenvalue weighted by Gasteiger charge is -2.02. The van der Waals surface area contributed by atoms with Gasteiger partial charge in [-0.05, 0) is 24.6 Å². The minimum Gasteiger partial charge on any atom is -0.294 e. The Bertz CT molecular complexity index is 583. The highest BCUT2D eigenvalue weighted by Crippen LogP contribution is 2.10. The monoisotopic (exact) mass is 234 g/mol. The van der Waals surface area contributed by atoms with Gasteiger partial charge in [0.15, 0.2) is 5.78 Å². The van der Waals surface area contributed by atoms with E-state index < -0.39 is 0 Å². The van der Waals surface area contributed by atoms with E-state index in [0.717, 1.165) is 11.1 Å². The van der Waals surface area contributed by atoms with E-state index >= 15 is 0 Å². The van der Waals surface area contributed by atoms with Crippen LogP contribution < -0.4 is 0 Å². The highest BCUT2D eigenvalue weighted by molar-refractivity contribution is 5.97. The molecule has 0 amide bonds. The molecule has 0 atom stereocenters. The van der Waals surface area contributed by atoms with Crippen molar-refractivity contribution < 1.29 is 4.79 Å². The van der Waals surface area contributed by atoms with Gasteiger partial charge in [0.2, 0.25) is 0 Å². The average molecular weight is 234 g/mol. The molecule has 0 N–H and O–H groups in total. The largest absolute Gasteiger partial charge is 0.294 e. The summed E-state index contributed by atoms with van der Waals surface area (Å²) in [5, 5.41) is 0. The van der Waals surface area contributed by atoms with Crippen molar-refractivity contribution in [2.45, 2.75) is 13.3 Å². The fourth-order valence-corrected chi connectivity index (χ4v) is 1.75. The Balaban J connectivity index is 2.12. The molecule has 0 radical (unpaired) electrons. The number of rotatable bonds is 3. The zero-order valence-corrected chi connectivity index (χ0v) is 10.3. The van der Waals surface area contributed by atoms with Crippen molar-refractivity contribution in [1.29, 1.82) is 0 Å². The maximum absolute atomic E-state index is 12.0. The van der Waals surface area contributed by atoms with Gasteiger partial charge in [0.05, 0.1) is 0 Å². The third-order valence-electron chi connectivity index (χ3n) is 2.86. The highest BCUT2D eigenvalue weighted by atomic mass is 16.1. The number of carbonyl (C=O) groups excluding carboxylic acids is 1. The van der Waals surface area contributed by atoms with Crippen LogP contribution in [0.3, 0.4) is 0 Å². The summed E-state index contributed by atoms with van der Waals surface area (Å²) in [4.78, 5) is 12.0. The molecule has 18 heavy (non-hydrogen) atoms. The predicted molar refractivity (Wildman–Crippen MR) is 73.6 cm³/mol. The quantitative estimate of drug-likeness (QED) is 0.587. The molecule has 2 aromatic rings. The van der Waals surface area contributed by atoms with Crippen LogP contribution in [0, 0.1) is 19.3 Å². The van der Waals surface area contributed by atoms with Gasteiger partial charge in [0, 0.05) is 17.5 Å². The van der Waals surface area contributed by atoms with Crippen LogP contribution in [0.4, 0.5) is 0 Å². The van der Waals surface area contributed by atoms with E-state index in [2.05, 4.69) is 5.92 Å². The van der Waals surface area contributed by atoms with Crippen molar-refractivity contribution in [3.8, 4) is 12.3 Å². The van der Waals surface area contributed by atoms with Crippen molar-refractivity contribution in [2.24, 2.45) is 0 Å². The number of carbonyl (C=O) groups is 1. The third kappa shape index (κ3) is 2.87. The molecule has 0 heterocycles. The van der Waals surface area contributed by atoms with Crippen LogP contribution in [-0.4, -0.2) is 5.78 Å². The molecule has 0 fully saturated rings. The van der Waals surface area contributed by atoms with Gasteiger partial charge in [0.1, 0.15) is 0 Å². The van der Waals surface area contributed by atoms with Crippen molar-refractivity contribution in [3.63, 3.8) is 0 Å². The number of hydrogen-bond acceptors (Lipinski definition) is 1. The molecule has 2 rings (SSSR count). The Hall–Kier alpha value is -2.33. The zero-order valence-electron chi connectivity index (χ0n) is 10.3. The van der Waals surface area contributed by atoms with Gasteiger partial charge in [0.25, 0.3) is 0 Å². The van der Waals surface area contributed by atoms with Crippen molar-refractivity contribution in [3.05, 3.63) is 70.8 Å². The SMILES string of the molecule is C#Cc1ccc(C(=O)Cc2ccc(C)cc2)cc1. The molecule has 2 aromatic carbocycles. The second-order valence-corrected chi connectivity index (χ2v) is 4.31. The fourth-order valence-electron chi connectivity index (χ4n) is 1.75. The Morgan fingerprint density at radius 1 is 1.06 bits per heavy atom. The molecular formula is C17H14O. The van der Waals surface area contributed by atoms with E-state index in [0.29, 0.717) is 12.0 Å². The van der Waals surface area contributed by atoms with Crippen LogP contribution in [0.1, 0.15) is 27.0 Å². The van der Waals surface area contributed by atoms with Crippen molar-refractivity contribution >= 4 is 5.78 Å². The van der Waals surface area contributed by atoms with Gasteiger partial charge in [-0.1, -0.05) is 47.9 Å². The molecule has 0 aliphatic rings. The number of Topliss-reactive ketones (excluding diaryl/α,β-unsaturated/α-hetero) is 1. The lowest BCUT2D eigenvalue weighted by atomic mass is 10.0. The van der Waals surface area contributed by atoms with Gasteiger partial charge in [-0.25, -0.2) is 0 Å². The number of hydrogen-bond donors (Lipinski definition) is 0. The van der Waals surface area contributed by atoms with Crippen molar-refractivity contribution in [1.82, 2.24) is 0 Å². The maximum atomic E-state index is 12.0. The molecule has 0 aliphatic carbocycles. The fraction of sp³-hybridized carbons (Fsp3) is 0.118. The van der Waals surface area contributed by atoms with E-state index in [9.17, 15) is 4.79 Å². The molecule has 88 valence electrons. The van der Waals surface area contributed by atoms with Crippen LogP contribution in [0.15, 0.2) is 48.5 Å². The second-order valence-electron chi connectivity index (χ2n) is 4.31. The Morgan fingerprint density at radius 3 is 2.22 bits per heavy atom. The van der Waals surface area contributed by atoms with Gasteiger partial charge in [-0.15, -0.1) is 6.42 Å². The normalized spacial score (nSPS) is 9.78. The third-order valence-corrected chi connectivity index (χ3v) is 2.86. The Morgan fingerprint density at radius 2 is 1.67 bits per heavy atom. The van der Waals surface area contributed by atoms with E-state index in [1.54, 1.807) is 24.3 Å². The van der Waals surface area contributed by atoms with Gasteiger partial charge in [-0.2, -0.15) is 0 Å². The molecule has 0 bridgehead atoms. The summed E-state index contributed by atoms with van der Waals surface area (Å²) in [5.41, 5.74) is 3.73. The first-order chi connectivity index (χ1) is 8.69. The summed E-state index contributed by atoms with van der Waals surface area (Å²) in [6.07, 6.45) is 5.71. The topological polar surface area (TPSA) is 17.1 Å². The predicted octanol–water partition coefficient (Wildman–Crippen LogP) is 3.40. The van der Waals surface area contributed by atoms with Gasteiger partial charge < -0.3 is 0 Å². The summed E-state index contributed by atoms with van der Waals surface area (Å²) >= 11 is 0. The van der Waals surface area contributed by atoms with Gasteiger partial charge in [-0.3, -0.25) is 4.79 Å². The molecule has 0 unspecified atom stereocenters. The zero-order chi connectivity index (χ0) is 13.0. The first kappa shape index (κ1) is 12.1. The number of terminal acetylenes is 1. The maximum Gasteiger partial charge on any atom is 0.167 e. The smallest absolute Gasteiger partial charge is 0.167 e. The lowest BCUT2D eigenvalue weighted by Crippen LogP contribution is -2.03. The summed E-state index contributed by atoms with van der Waals surface area (Å²) in [6, 6.07) is 15.2. The number of benzene rings is 2. The van der Waals surface area contributed by atoms with Crippen LogP contribution >= 0.6 is 0 Å². The number of aryl methyl sites for hydroxylation is 1. The first-order valence-electron chi connectivity index (χ1n) is 5.84. The van der Waals surface area contributed by atoms with Crippen LogP contribution in [0.25, 0.3) is 0 Å². The lowest BCUT2D eigenvalue weighted by molar-refractivity contribution is 0.0993. The minimum atomic E-state index is 0.113. The standard InChI is InChI=1S/C17H14O/c1-3-14-8-10-16(11-9-14)17(18)12-15-6-4-13(2)5-7-15/h1,4-11H,12H2,2H3. The Kier molecular flexibility index (Phi) is 3.60. The molecule has 0 saturated carbocycles. The Labute approximate surface area is 107 Å². The van der Waals surface area contributed by atoms with E-state index in [1.807, 2.05) is 31.2 Å². The van der Waals surface area contributed by atoms with Crippen LogP contribution in [-0.2, 0) is 6.42 Å². The van der Waals surface area contributed by atoms with E-state index in [-0.39, 0.29) is 5.78 Å². The van der Waals surface area contributed by atoms with E-state index in [4.69, 9.17) is 6.42 Å². The van der Waals surface area contributed by atoms with E-state index in [1.165, 1.54) is 5.56 Å². The second kappa shape index (κ2) is 5.33. The summed E-state index contributed by atoms with van der Waals surface area (Å²) in [7, 11) is 0. The molecule has 1 nitrogen and oxygen atoms in total. The number of ketones is 1. The molecule has 0 saturated heterocycles. The molecule has 1 heteroatoms. The first-order valence-corrected chi connectivity index (χ1v) is 5.84. The highest BCUT2D eigenvalue weighted by Gasteiger charge is 2.06. The average Bonchev–Trinajstić information content (AvgIpc) is 2.41. The minimum absolute atomic E-state index is 0.113. The van der Waals surface area contributed by atoms with Crippen LogP contribution in [0.5, 0.6) is 0 Å². The summed E-state index contributed by atoms with van der Waals surface area (Å²) in [5.74, 6) is 2.65. The summed E-state index contributed by atoms with van der Waals surface area (Å²) < 4.78 is 0. The van der Waals surface area contributed by atoms with Gasteiger partial charge >= 0.3 is 0 Å². The van der Waals surface area contributed by atoms with Crippen molar-refractivity contribution in [2.75, 3.05) is 0 Å². The molecular weight excluding hydrogens is 220 g/mol. The van der Waals surface area contributed by atoms with Crippen LogP contribution in [0.2, 0.25) is 0 Å². The molecule has 0 aliphatic heterocycles. The summed E-state index contributed by atoms with van der Waals surface area (Å²) in [6.45, 7) is 2.03.